The van der Waals surface area contributed by atoms with Crippen molar-refractivity contribution >= 4 is 23.9 Å². The summed E-state index contributed by atoms with van der Waals surface area (Å²) in [5.41, 5.74) is 0.980. The van der Waals surface area contributed by atoms with E-state index in [1.54, 1.807) is 42.9 Å². The summed E-state index contributed by atoms with van der Waals surface area (Å²) in [7, 11) is 1.55. The number of carbonyl (C=O) groups excluding carboxylic acids is 1. The van der Waals surface area contributed by atoms with Gasteiger partial charge in [0.15, 0.2) is 22.5 Å². The van der Waals surface area contributed by atoms with Crippen LogP contribution in [0.15, 0.2) is 57.1 Å². The average molecular weight is 596 g/mol. The molecule has 1 aromatic carbocycles. The highest BCUT2D eigenvalue weighted by Crippen LogP contribution is 2.27. The van der Waals surface area contributed by atoms with E-state index in [1.165, 1.54) is 6.21 Å². The summed E-state index contributed by atoms with van der Waals surface area (Å²) in [5, 5.41) is 15.8. The van der Waals surface area contributed by atoms with E-state index in [9.17, 15) is 22.4 Å². The van der Waals surface area contributed by atoms with Crippen molar-refractivity contribution in [1.29, 1.82) is 0 Å². The van der Waals surface area contributed by atoms with Gasteiger partial charge < -0.3 is 18.5 Å². The SMILES string of the molecule is CCn1c(Cn2nc(C(F)F)cc2C(F)F)nnc1SCC(=O)N/N=C/c1ccc(COc2ccccc2OC)o1. The molecule has 218 valence electrons. The van der Waals surface area contributed by atoms with E-state index in [0.717, 1.165) is 16.4 Å². The number of halogens is 4. The Morgan fingerprint density at radius 2 is 1.93 bits per heavy atom. The second kappa shape index (κ2) is 13.8. The van der Waals surface area contributed by atoms with Gasteiger partial charge in [-0.25, -0.2) is 23.0 Å². The molecule has 0 atom stereocenters. The van der Waals surface area contributed by atoms with Crippen LogP contribution >= 0.6 is 11.8 Å². The molecule has 0 aliphatic heterocycles. The molecule has 0 saturated carbocycles. The summed E-state index contributed by atoms with van der Waals surface area (Å²) in [6.07, 6.45) is -4.65. The number of methoxy groups -OCH3 is 1. The smallest absolute Gasteiger partial charge is 0.282 e. The van der Waals surface area contributed by atoms with Crippen molar-refractivity contribution in [1.82, 2.24) is 30.0 Å². The van der Waals surface area contributed by atoms with Crippen LogP contribution in [0.1, 0.15) is 48.5 Å². The maximum Gasteiger partial charge on any atom is 0.282 e. The second-order valence-electron chi connectivity index (χ2n) is 8.22. The van der Waals surface area contributed by atoms with Crippen molar-refractivity contribution in [3.63, 3.8) is 0 Å². The molecule has 41 heavy (non-hydrogen) atoms. The number of rotatable bonds is 14. The zero-order valence-electron chi connectivity index (χ0n) is 21.8. The van der Waals surface area contributed by atoms with Crippen LogP contribution in [0.4, 0.5) is 17.6 Å². The van der Waals surface area contributed by atoms with Crippen molar-refractivity contribution in [2.24, 2.45) is 5.10 Å². The number of aromatic nitrogens is 5. The lowest BCUT2D eigenvalue weighted by Gasteiger charge is -2.09. The van der Waals surface area contributed by atoms with E-state index >= 15 is 0 Å². The van der Waals surface area contributed by atoms with Gasteiger partial charge in [0.25, 0.3) is 18.8 Å². The number of para-hydroxylation sites is 2. The van der Waals surface area contributed by atoms with Gasteiger partial charge in [0.2, 0.25) is 0 Å². The minimum atomic E-state index is -2.99. The van der Waals surface area contributed by atoms with E-state index < -0.39 is 30.1 Å². The topological polar surface area (TPSA) is 122 Å². The number of hydrogen-bond donors (Lipinski definition) is 1. The first kappa shape index (κ1) is 29.6. The molecule has 0 spiro atoms. The van der Waals surface area contributed by atoms with Gasteiger partial charge in [0.05, 0.1) is 19.1 Å². The number of furan rings is 1. The van der Waals surface area contributed by atoms with E-state index in [4.69, 9.17) is 13.9 Å². The number of nitrogens with one attached hydrogen (secondary N) is 1. The number of alkyl halides is 4. The summed E-state index contributed by atoms with van der Waals surface area (Å²) < 4.78 is 71.5. The van der Waals surface area contributed by atoms with Gasteiger partial charge >= 0.3 is 0 Å². The lowest BCUT2D eigenvalue weighted by molar-refractivity contribution is -0.118. The molecule has 0 aliphatic carbocycles. The number of carbonyl (C=O) groups is 1. The van der Waals surface area contributed by atoms with Gasteiger partial charge in [0.1, 0.15) is 36.1 Å². The number of benzene rings is 1. The lowest BCUT2D eigenvalue weighted by atomic mass is 10.3. The highest BCUT2D eigenvalue weighted by atomic mass is 32.2. The Morgan fingerprint density at radius 1 is 1.15 bits per heavy atom. The summed E-state index contributed by atoms with van der Waals surface area (Å²) in [5.74, 6) is 1.79. The molecule has 0 aliphatic rings. The van der Waals surface area contributed by atoms with Gasteiger partial charge in [-0.05, 0) is 37.3 Å². The Morgan fingerprint density at radius 3 is 2.63 bits per heavy atom. The van der Waals surface area contributed by atoms with E-state index in [0.29, 0.717) is 40.8 Å². The predicted molar refractivity (Wildman–Crippen MR) is 139 cm³/mol. The molecule has 4 rings (SSSR count). The molecule has 0 saturated heterocycles. The average Bonchev–Trinajstić information content (AvgIpc) is 3.69. The Labute approximate surface area is 235 Å². The maximum absolute atomic E-state index is 13.3. The molecular formula is C25H25F4N7O4S. The largest absolute Gasteiger partial charge is 0.493 e. The van der Waals surface area contributed by atoms with Gasteiger partial charge in [-0.3, -0.25) is 9.48 Å². The predicted octanol–water partition coefficient (Wildman–Crippen LogP) is 4.84. The van der Waals surface area contributed by atoms with Gasteiger partial charge in [-0.15, -0.1) is 10.2 Å². The Kier molecular flexibility index (Phi) is 10.00. The fraction of sp³-hybridized carbons (Fsp3) is 0.320. The van der Waals surface area contributed by atoms with Crippen molar-refractivity contribution in [2.45, 2.75) is 44.6 Å². The molecule has 0 fully saturated rings. The minimum absolute atomic E-state index is 0.0782. The van der Waals surface area contributed by atoms with Crippen molar-refractivity contribution in [3.05, 3.63) is 71.2 Å². The molecule has 16 heteroatoms. The second-order valence-corrected chi connectivity index (χ2v) is 9.16. The van der Waals surface area contributed by atoms with Gasteiger partial charge in [-0.1, -0.05) is 23.9 Å². The molecule has 3 aromatic heterocycles. The van der Waals surface area contributed by atoms with E-state index in [1.807, 2.05) is 12.1 Å². The Hall–Kier alpha value is -4.34. The maximum atomic E-state index is 13.3. The van der Waals surface area contributed by atoms with E-state index in [-0.39, 0.29) is 24.7 Å². The monoisotopic (exact) mass is 595 g/mol. The first-order valence-corrected chi connectivity index (χ1v) is 13.1. The number of thioether (sulfide) groups is 1. The number of hydrogen-bond acceptors (Lipinski definition) is 9. The molecule has 4 aromatic rings. The summed E-state index contributed by atoms with van der Waals surface area (Å²) in [6.45, 7) is 1.98. The fourth-order valence-corrected chi connectivity index (χ4v) is 4.43. The third-order valence-electron chi connectivity index (χ3n) is 5.51. The van der Waals surface area contributed by atoms with Crippen molar-refractivity contribution in [2.75, 3.05) is 12.9 Å². The first-order chi connectivity index (χ1) is 19.8. The highest BCUT2D eigenvalue weighted by Gasteiger charge is 2.23. The molecule has 11 nitrogen and oxygen atoms in total. The number of nitrogens with zero attached hydrogens (tertiary/aromatic N) is 6. The van der Waals surface area contributed by atoms with Crippen LogP contribution in [0.3, 0.4) is 0 Å². The van der Waals surface area contributed by atoms with Crippen molar-refractivity contribution in [3.8, 4) is 11.5 Å². The standard InChI is InChI=1S/C25H25F4N7O4S/c1-3-35-21(12-36-18(24(28)29)10-17(34-36)23(26)27)31-33-25(35)41-14-22(37)32-30-11-15-8-9-16(40-15)13-39-20-7-5-4-6-19(20)38-2/h4-11,23-24H,3,12-14H2,1-2H3,(H,32,37)/b30-11+. The van der Waals surface area contributed by atoms with E-state index in [2.05, 4.69) is 25.8 Å². The van der Waals surface area contributed by atoms with Crippen LogP contribution in [0.2, 0.25) is 0 Å². The lowest BCUT2D eigenvalue weighted by Crippen LogP contribution is -2.20. The molecular weight excluding hydrogens is 570 g/mol. The third-order valence-corrected chi connectivity index (χ3v) is 6.48. The van der Waals surface area contributed by atoms with Crippen LogP contribution < -0.4 is 14.9 Å². The van der Waals surface area contributed by atoms with Crippen LogP contribution in [0, 0.1) is 0 Å². The Balaban J connectivity index is 1.28. The highest BCUT2D eigenvalue weighted by molar-refractivity contribution is 7.99. The van der Waals surface area contributed by atoms with Gasteiger partial charge in [-0.2, -0.15) is 10.2 Å². The van der Waals surface area contributed by atoms with Crippen LogP contribution in [-0.2, 0) is 24.5 Å². The minimum Gasteiger partial charge on any atom is -0.493 e. The zero-order valence-corrected chi connectivity index (χ0v) is 22.7. The number of amides is 1. The molecule has 3 heterocycles. The van der Waals surface area contributed by atoms with Crippen LogP contribution in [0.25, 0.3) is 0 Å². The molecule has 1 amide bonds. The summed E-state index contributed by atoms with van der Waals surface area (Å²) >= 11 is 1.04. The normalized spacial score (nSPS) is 11.6. The number of hydrazone groups is 1. The quantitative estimate of drug-likeness (QED) is 0.0952. The fourth-order valence-electron chi connectivity index (χ4n) is 3.61. The first-order valence-electron chi connectivity index (χ1n) is 12.1. The zero-order chi connectivity index (χ0) is 29.4. The molecule has 1 N–H and O–H groups in total. The van der Waals surface area contributed by atoms with Crippen LogP contribution in [0.5, 0.6) is 11.5 Å². The Bertz CT molecular complexity index is 1490. The third kappa shape index (κ3) is 7.65. The number of ether oxygens (including phenoxy) is 2. The molecule has 0 unspecified atom stereocenters. The van der Waals surface area contributed by atoms with Crippen molar-refractivity contribution < 1.29 is 36.2 Å². The van der Waals surface area contributed by atoms with Crippen LogP contribution in [-0.4, -0.2) is 49.5 Å². The molecule has 0 radical (unpaired) electrons. The summed E-state index contributed by atoms with van der Waals surface area (Å²) in [4.78, 5) is 12.3. The summed E-state index contributed by atoms with van der Waals surface area (Å²) in [6, 6.07) is 11.3. The van der Waals surface area contributed by atoms with Gasteiger partial charge in [0, 0.05) is 6.54 Å². The molecule has 0 bridgehead atoms.